The fourth-order valence-corrected chi connectivity index (χ4v) is 5.33. The van der Waals surface area contributed by atoms with E-state index in [2.05, 4.69) is 10.2 Å². The van der Waals surface area contributed by atoms with Crippen molar-refractivity contribution in [3.05, 3.63) is 12.3 Å². The number of H-pyrrole nitrogens is 1. The summed E-state index contributed by atoms with van der Waals surface area (Å²) < 4.78 is 48.7. The molecule has 9 nitrogen and oxygen atoms in total. The van der Waals surface area contributed by atoms with Gasteiger partial charge in [0.2, 0.25) is 0 Å². The summed E-state index contributed by atoms with van der Waals surface area (Å²) in [6.07, 6.45) is 0.687. The Balaban J connectivity index is 2.36. The quantitative estimate of drug-likeness (QED) is 0.700. The molecule has 0 bridgehead atoms. The molecule has 20 heavy (non-hydrogen) atoms. The van der Waals surface area contributed by atoms with Gasteiger partial charge in [-0.1, -0.05) is 0 Å². The van der Waals surface area contributed by atoms with Crippen LogP contribution in [0.5, 0.6) is 0 Å². The molecule has 0 aliphatic carbocycles. The lowest BCUT2D eigenvalue weighted by Gasteiger charge is -2.32. The molecule has 2 heterocycles. The van der Waals surface area contributed by atoms with Crippen LogP contribution in [0.25, 0.3) is 0 Å². The molecular formula is C9H13N3O6S2. The number of aliphatic carboxylic acids is 1. The Labute approximate surface area is 115 Å². The first-order chi connectivity index (χ1) is 9.22. The summed E-state index contributed by atoms with van der Waals surface area (Å²) in [4.78, 5) is 10.8. The van der Waals surface area contributed by atoms with E-state index in [1.165, 1.54) is 12.3 Å². The van der Waals surface area contributed by atoms with Gasteiger partial charge < -0.3 is 5.11 Å². The number of carboxylic acids is 1. The maximum Gasteiger partial charge on any atom is 0.305 e. The molecule has 2 N–H and O–H groups in total. The number of nitrogens with one attached hydrogen (secondary N) is 1. The van der Waals surface area contributed by atoms with Crippen molar-refractivity contribution in [1.29, 1.82) is 0 Å². The van der Waals surface area contributed by atoms with Gasteiger partial charge in [0.15, 0.2) is 14.9 Å². The van der Waals surface area contributed by atoms with Gasteiger partial charge in [0.25, 0.3) is 10.0 Å². The molecule has 1 unspecified atom stereocenters. The number of aromatic amines is 1. The van der Waals surface area contributed by atoms with E-state index in [1.807, 2.05) is 0 Å². The molecule has 1 fully saturated rings. The molecule has 0 saturated carbocycles. The van der Waals surface area contributed by atoms with E-state index in [9.17, 15) is 21.6 Å². The predicted molar refractivity (Wildman–Crippen MR) is 67.2 cm³/mol. The van der Waals surface area contributed by atoms with Crippen molar-refractivity contribution in [2.45, 2.75) is 17.5 Å². The highest BCUT2D eigenvalue weighted by molar-refractivity contribution is 7.92. The van der Waals surface area contributed by atoms with E-state index in [0.717, 1.165) is 4.31 Å². The topological polar surface area (TPSA) is 138 Å². The van der Waals surface area contributed by atoms with Gasteiger partial charge in [-0.15, -0.1) is 0 Å². The van der Waals surface area contributed by atoms with Crippen LogP contribution in [0.15, 0.2) is 17.3 Å². The van der Waals surface area contributed by atoms with Crippen LogP contribution in [-0.2, 0) is 24.7 Å². The second-order valence-electron chi connectivity index (χ2n) is 4.40. The number of aromatic nitrogens is 2. The van der Waals surface area contributed by atoms with Gasteiger partial charge >= 0.3 is 5.97 Å². The van der Waals surface area contributed by atoms with E-state index in [-0.39, 0.29) is 17.3 Å². The third-order valence-corrected chi connectivity index (χ3v) is 6.53. The van der Waals surface area contributed by atoms with Crippen molar-refractivity contribution < 1.29 is 26.7 Å². The van der Waals surface area contributed by atoms with Crippen LogP contribution in [0.4, 0.5) is 0 Å². The Bertz CT molecular complexity index is 694. The van der Waals surface area contributed by atoms with Crippen LogP contribution in [-0.4, -0.2) is 66.5 Å². The first-order valence-corrected chi connectivity index (χ1v) is 8.92. The van der Waals surface area contributed by atoms with Gasteiger partial charge in [0.05, 0.1) is 24.1 Å². The van der Waals surface area contributed by atoms with Gasteiger partial charge in [-0.3, -0.25) is 9.89 Å². The summed E-state index contributed by atoms with van der Waals surface area (Å²) in [5, 5.41) is 14.5. The number of hydrogen-bond acceptors (Lipinski definition) is 6. The second kappa shape index (κ2) is 5.14. The fourth-order valence-electron chi connectivity index (χ4n) is 2.06. The number of carbonyl (C=O) groups is 1. The Kier molecular flexibility index (Phi) is 3.84. The normalized spacial score (nSPS) is 23.5. The van der Waals surface area contributed by atoms with Crippen LogP contribution >= 0.6 is 0 Å². The largest absolute Gasteiger partial charge is 0.481 e. The van der Waals surface area contributed by atoms with Crippen molar-refractivity contribution in [3.8, 4) is 0 Å². The molecule has 0 amide bonds. The summed E-state index contributed by atoms with van der Waals surface area (Å²) in [6.45, 7) is -0.262. The van der Waals surface area contributed by atoms with Crippen LogP contribution in [0.1, 0.15) is 6.42 Å². The molecule has 0 radical (unpaired) electrons. The number of carboxylic acid groups (broad SMARTS) is 1. The van der Waals surface area contributed by atoms with E-state index < -0.39 is 44.0 Å². The lowest BCUT2D eigenvalue weighted by Crippen LogP contribution is -2.51. The highest BCUT2D eigenvalue weighted by Gasteiger charge is 2.40. The molecule has 112 valence electrons. The molecule has 1 aromatic heterocycles. The molecule has 0 aromatic carbocycles. The average molecular weight is 323 g/mol. The zero-order chi connectivity index (χ0) is 15.0. The minimum absolute atomic E-state index is 0.188. The van der Waals surface area contributed by atoms with Gasteiger partial charge in [0.1, 0.15) is 0 Å². The third-order valence-electron chi connectivity index (χ3n) is 2.95. The van der Waals surface area contributed by atoms with Crippen molar-refractivity contribution in [3.63, 3.8) is 0 Å². The van der Waals surface area contributed by atoms with Gasteiger partial charge in [-0.25, -0.2) is 16.8 Å². The van der Waals surface area contributed by atoms with E-state index in [1.54, 1.807) is 0 Å². The molecule has 0 spiro atoms. The Morgan fingerprint density at radius 2 is 2.25 bits per heavy atom. The SMILES string of the molecule is O=C(O)CC1CS(=O)(=O)CCN1S(=O)(=O)c1ccn[nH]1. The zero-order valence-corrected chi connectivity index (χ0v) is 11.9. The molecule has 1 aliphatic rings. The molecule has 1 atom stereocenters. The molecule has 2 rings (SSSR count). The molecule has 11 heteroatoms. The number of sulfone groups is 1. The van der Waals surface area contributed by atoms with E-state index in [0.29, 0.717) is 0 Å². The zero-order valence-electron chi connectivity index (χ0n) is 10.3. The van der Waals surface area contributed by atoms with Crippen LogP contribution in [0.2, 0.25) is 0 Å². The predicted octanol–water partition coefficient (Wildman–Crippen LogP) is -1.33. The fraction of sp³-hybridized carbons (Fsp3) is 0.556. The van der Waals surface area contributed by atoms with Crippen LogP contribution in [0.3, 0.4) is 0 Å². The summed E-state index contributed by atoms with van der Waals surface area (Å²) in [5.41, 5.74) is 0. The second-order valence-corrected chi connectivity index (χ2v) is 8.49. The first-order valence-electron chi connectivity index (χ1n) is 5.66. The van der Waals surface area contributed by atoms with Gasteiger partial charge in [-0.05, 0) is 6.07 Å². The number of hydrogen-bond donors (Lipinski definition) is 2. The van der Waals surface area contributed by atoms with E-state index >= 15 is 0 Å². The van der Waals surface area contributed by atoms with Gasteiger partial charge in [0, 0.05) is 12.6 Å². The lowest BCUT2D eigenvalue weighted by molar-refractivity contribution is -0.137. The number of nitrogens with zero attached hydrogens (tertiary/aromatic N) is 2. The van der Waals surface area contributed by atoms with Crippen molar-refractivity contribution >= 4 is 25.8 Å². The van der Waals surface area contributed by atoms with E-state index in [4.69, 9.17) is 5.11 Å². The average Bonchev–Trinajstić information content (AvgIpc) is 2.79. The van der Waals surface area contributed by atoms with Crippen LogP contribution in [0, 0.1) is 0 Å². The summed E-state index contributed by atoms with van der Waals surface area (Å²) >= 11 is 0. The maximum absolute atomic E-state index is 12.3. The third kappa shape index (κ3) is 2.99. The van der Waals surface area contributed by atoms with Crippen molar-refractivity contribution in [2.24, 2.45) is 0 Å². The van der Waals surface area contributed by atoms with Gasteiger partial charge in [-0.2, -0.15) is 9.40 Å². The highest BCUT2D eigenvalue weighted by Crippen LogP contribution is 2.22. The molecular weight excluding hydrogens is 310 g/mol. The number of sulfonamides is 1. The minimum Gasteiger partial charge on any atom is -0.481 e. The lowest BCUT2D eigenvalue weighted by atomic mass is 10.2. The minimum atomic E-state index is -3.98. The highest BCUT2D eigenvalue weighted by atomic mass is 32.2. The Hall–Kier alpha value is -1.46. The number of rotatable bonds is 4. The molecule has 1 aromatic rings. The molecule has 1 aliphatic heterocycles. The summed E-state index contributed by atoms with van der Waals surface area (Å²) in [6, 6.07) is 0.121. The monoisotopic (exact) mass is 323 g/mol. The van der Waals surface area contributed by atoms with Crippen molar-refractivity contribution in [2.75, 3.05) is 18.1 Å². The van der Waals surface area contributed by atoms with Crippen molar-refractivity contribution in [1.82, 2.24) is 14.5 Å². The Morgan fingerprint density at radius 1 is 1.55 bits per heavy atom. The Morgan fingerprint density at radius 3 is 2.80 bits per heavy atom. The maximum atomic E-state index is 12.3. The molecule has 1 saturated heterocycles. The van der Waals surface area contributed by atoms with Crippen LogP contribution < -0.4 is 0 Å². The smallest absolute Gasteiger partial charge is 0.305 e. The summed E-state index contributed by atoms with van der Waals surface area (Å²) in [5.74, 6) is -2.07. The standard InChI is InChI=1S/C9H13N3O6S2/c13-9(14)5-7-6-19(15,16)4-3-12(7)20(17,18)8-1-2-10-11-8/h1-2,7H,3-6H2,(H,10,11)(H,13,14). The summed E-state index contributed by atoms with van der Waals surface area (Å²) in [7, 11) is -7.41. The first kappa shape index (κ1) is 14.9.